The number of carbonyl (C=O) groups excluding carboxylic acids is 1. The van der Waals surface area contributed by atoms with Gasteiger partial charge in [0, 0.05) is 25.8 Å². The number of hydrogen-bond acceptors (Lipinski definition) is 5. The molecule has 2 saturated heterocycles. The van der Waals surface area contributed by atoms with Crippen molar-refractivity contribution in [3.63, 3.8) is 0 Å². The molecule has 2 aromatic rings. The van der Waals surface area contributed by atoms with Crippen molar-refractivity contribution in [3.8, 4) is 0 Å². The van der Waals surface area contributed by atoms with E-state index >= 15 is 0 Å². The lowest BCUT2D eigenvalue weighted by atomic mass is 10.0. The van der Waals surface area contributed by atoms with Gasteiger partial charge in [-0.15, -0.1) is 0 Å². The molecule has 2 aromatic heterocycles. The van der Waals surface area contributed by atoms with E-state index in [2.05, 4.69) is 16.0 Å². The van der Waals surface area contributed by atoms with E-state index in [0.717, 1.165) is 37.4 Å². The molecule has 0 saturated carbocycles. The Kier molecular flexibility index (Phi) is 4.68. The summed E-state index contributed by atoms with van der Waals surface area (Å²) in [7, 11) is 0. The number of furan rings is 1. The third-order valence-electron chi connectivity index (χ3n) is 5.41. The van der Waals surface area contributed by atoms with Gasteiger partial charge in [0.2, 0.25) is 0 Å². The maximum absolute atomic E-state index is 12.9. The first-order valence-electron chi connectivity index (χ1n) is 9.28. The van der Waals surface area contributed by atoms with E-state index in [-0.39, 0.29) is 18.1 Å². The number of morpholine rings is 1. The van der Waals surface area contributed by atoms with Crippen LogP contribution >= 0.6 is 0 Å². The van der Waals surface area contributed by atoms with Crippen molar-refractivity contribution < 1.29 is 13.9 Å². The molecule has 6 heteroatoms. The Labute approximate surface area is 153 Å². The van der Waals surface area contributed by atoms with Gasteiger partial charge in [-0.3, -0.25) is 9.78 Å². The van der Waals surface area contributed by atoms with E-state index < -0.39 is 0 Å². The van der Waals surface area contributed by atoms with Crippen LogP contribution in [0, 0.1) is 13.8 Å². The molecule has 6 nitrogen and oxygen atoms in total. The Hall–Kier alpha value is -2.34. The SMILES string of the molecule is Cc1cc(C(=O)N2CCC3OCCN(c4cccnc4)C3CC2)c(C)o1. The zero-order chi connectivity index (χ0) is 18.1. The molecule has 0 N–H and O–H groups in total. The second kappa shape index (κ2) is 7.11. The summed E-state index contributed by atoms with van der Waals surface area (Å²) in [6, 6.07) is 6.18. The van der Waals surface area contributed by atoms with Crippen molar-refractivity contribution in [1.29, 1.82) is 0 Å². The molecule has 4 heterocycles. The van der Waals surface area contributed by atoms with Crippen molar-refractivity contribution >= 4 is 11.6 Å². The number of pyridine rings is 1. The first-order valence-corrected chi connectivity index (χ1v) is 9.28. The number of rotatable bonds is 2. The van der Waals surface area contributed by atoms with Gasteiger partial charge in [-0.05, 0) is 44.9 Å². The van der Waals surface area contributed by atoms with E-state index in [1.165, 1.54) is 0 Å². The van der Waals surface area contributed by atoms with Crippen LogP contribution in [0.4, 0.5) is 5.69 Å². The standard InChI is InChI=1S/C20H25N3O3/c1-14-12-17(15(2)26-14)20(24)22-8-5-18-19(6-9-22)25-11-10-23(18)16-4-3-7-21-13-16/h3-4,7,12-13,18-19H,5-6,8-11H2,1-2H3. The second-order valence-electron chi connectivity index (χ2n) is 7.08. The Balaban J connectivity index is 1.52. The lowest BCUT2D eigenvalue weighted by Gasteiger charge is -2.41. The fourth-order valence-corrected chi connectivity index (χ4v) is 4.14. The molecular weight excluding hydrogens is 330 g/mol. The number of amides is 1. The van der Waals surface area contributed by atoms with Crippen molar-refractivity contribution in [2.75, 3.05) is 31.1 Å². The van der Waals surface area contributed by atoms with Gasteiger partial charge in [0.15, 0.2) is 0 Å². The molecule has 0 aliphatic carbocycles. The van der Waals surface area contributed by atoms with Gasteiger partial charge in [0.05, 0.1) is 36.2 Å². The molecule has 0 spiro atoms. The van der Waals surface area contributed by atoms with Gasteiger partial charge in [-0.2, -0.15) is 0 Å². The van der Waals surface area contributed by atoms with Gasteiger partial charge in [0.1, 0.15) is 11.5 Å². The molecule has 138 valence electrons. The molecule has 4 rings (SSSR count). The smallest absolute Gasteiger partial charge is 0.257 e. The lowest BCUT2D eigenvalue weighted by Crippen LogP contribution is -2.51. The van der Waals surface area contributed by atoms with Crippen LogP contribution in [0.25, 0.3) is 0 Å². The Morgan fingerprint density at radius 3 is 2.81 bits per heavy atom. The fourth-order valence-electron chi connectivity index (χ4n) is 4.14. The predicted molar refractivity (Wildman–Crippen MR) is 98.4 cm³/mol. The molecule has 2 atom stereocenters. The molecule has 2 aliphatic rings. The quantitative estimate of drug-likeness (QED) is 0.829. The number of hydrogen-bond donors (Lipinski definition) is 0. The summed E-state index contributed by atoms with van der Waals surface area (Å²) in [4.78, 5) is 21.5. The third-order valence-corrected chi connectivity index (χ3v) is 5.41. The normalized spacial score (nSPS) is 23.5. The second-order valence-corrected chi connectivity index (χ2v) is 7.08. The average Bonchev–Trinajstić information content (AvgIpc) is 2.87. The molecule has 26 heavy (non-hydrogen) atoms. The van der Waals surface area contributed by atoms with Gasteiger partial charge in [-0.1, -0.05) is 0 Å². The first-order chi connectivity index (χ1) is 12.6. The van der Waals surface area contributed by atoms with E-state index in [1.807, 2.05) is 37.1 Å². The van der Waals surface area contributed by atoms with Crippen molar-refractivity contribution in [2.45, 2.75) is 38.8 Å². The number of anilines is 1. The average molecular weight is 355 g/mol. The van der Waals surface area contributed by atoms with E-state index in [9.17, 15) is 4.79 Å². The Morgan fingerprint density at radius 2 is 2.08 bits per heavy atom. The molecule has 0 bridgehead atoms. The monoisotopic (exact) mass is 355 g/mol. The number of aryl methyl sites for hydroxylation is 2. The third kappa shape index (κ3) is 3.21. The molecule has 2 unspecified atom stereocenters. The summed E-state index contributed by atoms with van der Waals surface area (Å²) in [5.74, 6) is 1.54. The van der Waals surface area contributed by atoms with Crippen LogP contribution in [-0.4, -0.2) is 54.2 Å². The maximum Gasteiger partial charge on any atom is 0.257 e. The fraction of sp³-hybridized carbons (Fsp3) is 0.500. The van der Waals surface area contributed by atoms with Crippen molar-refractivity contribution in [3.05, 3.63) is 47.7 Å². The predicted octanol–water partition coefficient (Wildman–Crippen LogP) is 2.80. The van der Waals surface area contributed by atoms with Crippen LogP contribution < -0.4 is 4.90 Å². The summed E-state index contributed by atoms with van der Waals surface area (Å²) in [5.41, 5.74) is 1.81. The topological polar surface area (TPSA) is 58.8 Å². The number of ether oxygens (including phenoxy) is 1. The van der Waals surface area contributed by atoms with Crippen LogP contribution in [0.15, 0.2) is 35.0 Å². The summed E-state index contributed by atoms with van der Waals surface area (Å²) < 4.78 is 11.6. The molecule has 2 fully saturated rings. The number of carbonyl (C=O) groups is 1. The largest absolute Gasteiger partial charge is 0.466 e. The van der Waals surface area contributed by atoms with Crippen LogP contribution in [-0.2, 0) is 4.74 Å². The zero-order valence-corrected chi connectivity index (χ0v) is 15.4. The van der Waals surface area contributed by atoms with Gasteiger partial charge in [0.25, 0.3) is 5.91 Å². The Morgan fingerprint density at radius 1 is 1.23 bits per heavy atom. The molecular formula is C20H25N3O3. The van der Waals surface area contributed by atoms with Gasteiger partial charge >= 0.3 is 0 Å². The highest BCUT2D eigenvalue weighted by Gasteiger charge is 2.36. The number of aromatic nitrogens is 1. The number of likely N-dealkylation sites (tertiary alicyclic amines) is 1. The highest BCUT2D eigenvalue weighted by Crippen LogP contribution is 2.29. The number of nitrogens with zero attached hydrogens (tertiary/aromatic N) is 3. The summed E-state index contributed by atoms with van der Waals surface area (Å²) in [6.07, 6.45) is 5.59. The van der Waals surface area contributed by atoms with E-state index in [0.29, 0.717) is 24.5 Å². The molecule has 1 amide bonds. The molecule has 0 radical (unpaired) electrons. The minimum absolute atomic E-state index is 0.0610. The van der Waals surface area contributed by atoms with E-state index in [1.54, 1.807) is 6.20 Å². The minimum Gasteiger partial charge on any atom is -0.466 e. The highest BCUT2D eigenvalue weighted by molar-refractivity contribution is 5.95. The minimum atomic E-state index is 0.0610. The van der Waals surface area contributed by atoms with Crippen molar-refractivity contribution in [2.24, 2.45) is 0 Å². The lowest BCUT2D eigenvalue weighted by molar-refractivity contribution is 0.00907. The molecule has 0 aromatic carbocycles. The van der Waals surface area contributed by atoms with Crippen LogP contribution in [0.2, 0.25) is 0 Å². The van der Waals surface area contributed by atoms with Crippen LogP contribution in [0.3, 0.4) is 0 Å². The summed E-state index contributed by atoms with van der Waals surface area (Å²) in [6.45, 7) is 6.74. The summed E-state index contributed by atoms with van der Waals surface area (Å²) in [5, 5.41) is 0. The van der Waals surface area contributed by atoms with Crippen LogP contribution in [0.1, 0.15) is 34.7 Å². The van der Waals surface area contributed by atoms with E-state index in [4.69, 9.17) is 9.15 Å². The highest BCUT2D eigenvalue weighted by atomic mass is 16.5. The number of fused-ring (bicyclic) bond motifs is 1. The van der Waals surface area contributed by atoms with Gasteiger partial charge < -0.3 is 19.0 Å². The summed E-state index contributed by atoms with van der Waals surface area (Å²) >= 11 is 0. The molecule has 2 aliphatic heterocycles. The zero-order valence-electron chi connectivity index (χ0n) is 15.4. The van der Waals surface area contributed by atoms with Gasteiger partial charge in [-0.25, -0.2) is 0 Å². The maximum atomic E-state index is 12.9. The van der Waals surface area contributed by atoms with Crippen LogP contribution in [0.5, 0.6) is 0 Å². The van der Waals surface area contributed by atoms with Crippen molar-refractivity contribution in [1.82, 2.24) is 9.88 Å². The Bertz CT molecular complexity index is 774. The first kappa shape index (κ1) is 17.1.